The number of nitrogens with zero attached hydrogens (tertiary/aromatic N) is 3. The zero-order valence-corrected chi connectivity index (χ0v) is 13.7. The van der Waals surface area contributed by atoms with Crippen molar-refractivity contribution in [2.24, 2.45) is 0 Å². The number of aromatic nitrogens is 4. The van der Waals surface area contributed by atoms with Gasteiger partial charge in [0.1, 0.15) is 5.52 Å². The molecule has 108 valence electrons. The van der Waals surface area contributed by atoms with Gasteiger partial charge in [0.2, 0.25) is 5.95 Å². The summed E-state index contributed by atoms with van der Waals surface area (Å²) in [5.41, 5.74) is 3.14. The van der Waals surface area contributed by atoms with Crippen LogP contribution in [0.5, 0.6) is 0 Å². The van der Waals surface area contributed by atoms with E-state index in [0.717, 1.165) is 21.2 Å². The Hall–Kier alpha value is -1.86. The van der Waals surface area contributed by atoms with Crippen molar-refractivity contribution < 1.29 is 0 Å². The van der Waals surface area contributed by atoms with Gasteiger partial charge in [0.05, 0.1) is 12.0 Å². The van der Waals surface area contributed by atoms with Gasteiger partial charge in [0.15, 0.2) is 11.5 Å². The highest BCUT2D eigenvalue weighted by molar-refractivity contribution is 9.10. The largest absolute Gasteiger partial charge is 0.357 e. The molecule has 3 N–H and O–H groups in total. The third-order valence-electron chi connectivity index (χ3n) is 3.01. The van der Waals surface area contributed by atoms with Gasteiger partial charge in [-0.3, -0.25) is 0 Å². The number of halogens is 2. The first kappa shape index (κ1) is 14.1. The summed E-state index contributed by atoms with van der Waals surface area (Å²) < 4.78 is 0.904. The van der Waals surface area contributed by atoms with Crippen LogP contribution in [0.4, 0.5) is 17.5 Å². The first-order valence-corrected chi connectivity index (χ1v) is 7.37. The van der Waals surface area contributed by atoms with Gasteiger partial charge in [0, 0.05) is 16.5 Å². The van der Waals surface area contributed by atoms with E-state index < -0.39 is 0 Å². The van der Waals surface area contributed by atoms with Crippen LogP contribution in [0, 0.1) is 6.92 Å². The number of hydrogen-bond acceptors (Lipinski definition) is 5. The number of aryl methyl sites for hydroxylation is 1. The molecule has 8 heteroatoms. The third-order valence-corrected chi connectivity index (χ3v) is 4.07. The molecule has 0 unspecified atom stereocenters. The molecule has 0 radical (unpaired) electrons. The van der Waals surface area contributed by atoms with Crippen molar-refractivity contribution in [1.29, 1.82) is 0 Å². The van der Waals surface area contributed by atoms with Gasteiger partial charge in [-0.2, -0.15) is 9.97 Å². The lowest BCUT2D eigenvalue weighted by Crippen LogP contribution is -2.02. The second-order valence-electron chi connectivity index (χ2n) is 4.45. The molecule has 2 aromatic heterocycles. The summed E-state index contributed by atoms with van der Waals surface area (Å²) in [6.45, 7) is 1.95. The lowest BCUT2D eigenvalue weighted by atomic mass is 10.2. The van der Waals surface area contributed by atoms with Crippen LogP contribution in [0.15, 0.2) is 22.9 Å². The molecule has 6 nitrogen and oxygen atoms in total. The van der Waals surface area contributed by atoms with E-state index in [4.69, 9.17) is 11.6 Å². The van der Waals surface area contributed by atoms with Gasteiger partial charge < -0.3 is 15.6 Å². The lowest BCUT2D eigenvalue weighted by molar-refractivity contribution is 1.18. The van der Waals surface area contributed by atoms with Crippen molar-refractivity contribution in [3.8, 4) is 0 Å². The van der Waals surface area contributed by atoms with E-state index in [-0.39, 0.29) is 0 Å². The van der Waals surface area contributed by atoms with Crippen LogP contribution in [-0.4, -0.2) is 27.0 Å². The van der Waals surface area contributed by atoms with E-state index in [1.807, 2.05) is 19.1 Å². The highest BCUT2D eigenvalue weighted by Crippen LogP contribution is 2.32. The molecule has 0 saturated carbocycles. The van der Waals surface area contributed by atoms with Crippen molar-refractivity contribution in [3.63, 3.8) is 0 Å². The first-order valence-electron chi connectivity index (χ1n) is 6.20. The molecule has 0 fully saturated rings. The zero-order chi connectivity index (χ0) is 15.0. The smallest absolute Gasteiger partial charge is 0.226 e. The molecule has 2 heterocycles. The van der Waals surface area contributed by atoms with Crippen molar-refractivity contribution in [2.45, 2.75) is 6.92 Å². The average Bonchev–Trinajstić information content (AvgIpc) is 2.93. The van der Waals surface area contributed by atoms with Crippen LogP contribution >= 0.6 is 27.5 Å². The molecule has 1 aromatic carbocycles. The highest BCUT2D eigenvalue weighted by atomic mass is 79.9. The minimum absolute atomic E-state index is 0.492. The van der Waals surface area contributed by atoms with Crippen molar-refractivity contribution in [3.05, 3.63) is 33.5 Å². The Kier molecular flexibility index (Phi) is 3.69. The first-order chi connectivity index (χ1) is 10.1. The number of nitrogens with one attached hydrogen (secondary N) is 3. The van der Waals surface area contributed by atoms with Gasteiger partial charge in [-0.05, 0) is 40.5 Å². The van der Waals surface area contributed by atoms with Crippen LogP contribution in [0.2, 0.25) is 5.02 Å². The Labute approximate surface area is 134 Å². The van der Waals surface area contributed by atoms with E-state index in [1.54, 1.807) is 13.4 Å². The van der Waals surface area contributed by atoms with Gasteiger partial charge >= 0.3 is 0 Å². The van der Waals surface area contributed by atoms with Crippen LogP contribution < -0.4 is 10.6 Å². The molecule has 0 bridgehead atoms. The average molecular weight is 368 g/mol. The number of aromatic amines is 1. The predicted octanol–water partition coefficient (Wildman–Crippen LogP) is 3.86. The number of H-pyrrole nitrogens is 1. The van der Waals surface area contributed by atoms with E-state index >= 15 is 0 Å². The molecule has 0 spiro atoms. The van der Waals surface area contributed by atoms with Gasteiger partial charge in [-0.25, -0.2) is 4.98 Å². The lowest BCUT2D eigenvalue weighted by Gasteiger charge is -2.11. The normalized spacial score (nSPS) is 10.9. The molecule has 0 saturated heterocycles. The molecule has 3 aromatic rings. The Bertz CT molecular complexity index is 816. The monoisotopic (exact) mass is 366 g/mol. The van der Waals surface area contributed by atoms with Gasteiger partial charge in [-0.1, -0.05) is 11.6 Å². The van der Waals surface area contributed by atoms with Gasteiger partial charge in [-0.15, -0.1) is 0 Å². The summed E-state index contributed by atoms with van der Waals surface area (Å²) in [5.74, 6) is 1.12. The maximum Gasteiger partial charge on any atom is 0.226 e. The minimum atomic E-state index is 0.492. The Morgan fingerprint density at radius 1 is 1.29 bits per heavy atom. The summed E-state index contributed by atoms with van der Waals surface area (Å²) in [5, 5.41) is 6.85. The summed E-state index contributed by atoms with van der Waals surface area (Å²) in [6.07, 6.45) is 1.58. The van der Waals surface area contributed by atoms with E-state index in [9.17, 15) is 0 Å². The van der Waals surface area contributed by atoms with Crippen LogP contribution in [0.3, 0.4) is 0 Å². The zero-order valence-electron chi connectivity index (χ0n) is 11.3. The molecule has 0 atom stereocenters. The van der Waals surface area contributed by atoms with Crippen molar-refractivity contribution >= 4 is 56.1 Å². The maximum absolute atomic E-state index is 6.18. The second-order valence-corrected chi connectivity index (χ2v) is 5.71. The Morgan fingerprint density at radius 2 is 2.10 bits per heavy atom. The number of fused-ring (bicyclic) bond motifs is 1. The molecule has 0 amide bonds. The standard InChI is InChI=1S/C13H12BrClN6/c1-6-3-7(14)9(4-8(6)15)19-12-10-11(18-5-17-10)20-13(16-2)21-12/h3-5H,1-2H3,(H3,16,17,18,19,20,21). The van der Waals surface area contributed by atoms with E-state index in [1.165, 1.54) is 0 Å². The fourth-order valence-electron chi connectivity index (χ4n) is 1.91. The predicted molar refractivity (Wildman–Crippen MR) is 88.4 cm³/mol. The Morgan fingerprint density at radius 3 is 2.86 bits per heavy atom. The quantitative estimate of drug-likeness (QED) is 0.655. The summed E-state index contributed by atoms with van der Waals surface area (Å²) in [7, 11) is 1.76. The number of anilines is 3. The van der Waals surface area contributed by atoms with Crippen LogP contribution in [0.25, 0.3) is 11.2 Å². The summed E-state index contributed by atoms with van der Waals surface area (Å²) in [4.78, 5) is 15.9. The second kappa shape index (κ2) is 5.50. The third kappa shape index (κ3) is 2.66. The molecule has 21 heavy (non-hydrogen) atoms. The maximum atomic E-state index is 6.18. The highest BCUT2D eigenvalue weighted by Gasteiger charge is 2.12. The molecular weight excluding hydrogens is 356 g/mol. The number of rotatable bonds is 3. The van der Waals surface area contributed by atoms with Crippen LogP contribution in [-0.2, 0) is 0 Å². The topological polar surface area (TPSA) is 78.5 Å². The summed E-state index contributed by atoms with van der Waals surface area (Å²) in [6, 6.07) is 3.80. The van der Waals surface area contributed by atoms with Crippen molar-refractivity contribution in [1.82, 2.24) is 19.9 Å². The number of hydrogen-bond donors (Lipinski definition) is 3. The van der Waals surface area contributed by atoms with Gasteiger partial charge in [0.25, 0.3) is 0 Å². The fraction of sp³-hybridized carbons (Fsp3) is 0.154. The van der Waals surface area contributed by atoms with E-state index in [0.29, 0.717) is 22.4 Å². The minimum Gasteiger partial charge on any atom is -0.357 e. The Balaban J connectivity index is 2.09. The molecule has 3 rings (SSSR count). The van der Waals surface area contributed by atoms with Crippen molar-refractivity contribution in [2.75, 3.05) is 17.7 Å². The number of benzene rings is 1. The molecular formula is C13H12BrClN6. The fourth-order valence-corrected chi connectivity index (χ4v) is 2.63. The summed E-state index contributed by atoms with van der Waals surface area (Å²) >= 11 is 9.70. The molecule has 0 aliphatic carbocycles. The molecule has 0 aliphatic heterocycles. The van der Waals surface area contributed by atoms with Crippen LogP contribution in [0.1, 0.15) is 5.56 Å². The SMILES string of the molecule is CNc1nc(Nc2cc(Cl)c(C)cc2Br)c2[nH]cnc2n1. The number of imidazole rings is 1. The van der Waals surface area contributed by atoms with E-state index in [2.05, 4.69) is 46.5 Å². The molecule has 0 aliphatic rings.